The Morgan fingerprint density at radius 3 is 2.24 bits per heavy atom. The van der Waals surface area contributed by atoms with Crippen LogP contribution in [0.15, 0.2) is 12.8 Å². The first-order valence-corrected chi connectivity index (χ1v) is 6.52. The molecule has 0 spiro atoms. The molecule has 0 bridgehead atoms. The molecule has 2 rings (SSSR count). The summed E-state index contributed by atoms with van der Waals surface area (Å²) in [6, 6.07) is 0. The highest BCUT2D eigenvalue weighted by Gasteiger charge is 2.52. The first-order valence-electron chi connectivity index (χ1n) is 5.70. The smallest absolute Gasteiger partial charge is 0.399 e. The summed E-state index contributed by atoms with van der Waals surface area (Å²) in [6.07, 6.45) is 1.82. The molecule has 2 heterocycles. The summed E-state index contributed by atoms with van der Waals surface area (Å²) in [4.78, 5) is 4.31. The van der Waals surface area contributed by atoms with Gasteiger partial charge in [0.2, 0.25) is 0 Å². The van der Waals surface area contributed by atoms with E-state index in [1.807, 2.05) is 40.8 Å². The van der Waals surface area contributed by atoms with E-state index in [-0.39, 0.29) is 18.3 Å². The molecule has 0 atom stereocenters. The molecule has 1 aliphatic rings. The Morgan fingerprint density at radius 1 is 1.29 bits per heavy atom. The van der Waals surface area contributed by atoms with Crippen LogP contribution in [0.3, 0.4) is 0 Å². The van der Waals surface area contributed by atoms with Crippen LogP contribution in [-0.4, -0.2) is 23.3 Å². The molecule has 1 aromatic rings. The summed E-state index contributed by atoms with van der Waals surface area (Å²) < 4.78 is 12.9. The Hall–Kier alpha value is -0.645. The lowest BCUT2D eigenvalue weighted by atomic mass is 9.89. The molecule has 0 radical (unpaired) electrons. The van der Waals surface area contributed by atoms with Gasteiger partial charge in [-0.1, -0.05) is 6.58 Å². The van der Waals surface area contributed by atoms with E-state index in [1.165, 1.54) is 0 Å². The highest BCUT2D eigenvalue weighted by molar-refractivity contribution is 7.22. The van der Waals surface area contributed by atoms with E-state index in [1.54, 1.807) is 11.3 Å². The first kappa shape index (κ1) is 12.8. The molecule has 0 N–H and O–H groups in total. The van der Waals surface area contributed by atoms with Gasteiger partial charge in [-0.2, -0.15) is 0 Å². The minimum Gasteiger partial charge on any atom is -0.399 e. The van der Waals surface area contributed by atoms with Crippen molar-refractivity contribution in [1.82, 2.24) is 4.98 Å². The number of rotatable bonds is 2. The van der Waals surface area contributed by atoms with Gasteiger partial charge in [0.15, 0.2) is 0 Å². The molecule has 1 aromatic heterocycles. The Kier molecular flexibility index (Phi) is 2.96. The molecule has 92 valence electrons. The maximum absolute atomic E-state index is 5.96. The lowest BCUT2D eigenvalue weighted by molar-refractivity contribution is 0.00578. The van der Waals surface area contributed by atoms with Crippen molar-refractivity contribution >= 4 is 28.8 Å². The molecule has 0 unspecified atom stereocenters. The van der Waals surface area contributed by atoms with E-state index in [4.69, 9.17) is 9.31 Å². The van der Waals surface area contributed by atoms with Crippen LogP contribution in [0.1, 0.15) is 39.6 Å². The van der Waals surface area contributed by atoms with Crippen LogP contribution in [-0.2, 0) is 9.31 Å². The van der Waals surface area contributed by atoms with Gasteiger partial charge < -0.3 is 9.31 Å². The predicted molar refractivity (Wildman–Crippen MR) is 72.5 cm³/mol. The van der Waals surface area contributed by atoms with Gasteiger partial charge in [-0.25, -0.2) is 4.98 Å². The second-order valence-electron chi connectivity index (χ2n) is 5.44. The maximum atomic E-state index is 5.96. The molecule has 0 aliphatic carbocycles. The van der Waals surface area contributed by atoms with Crippen molar-refractivity contribution < 1.29 is 9.31 Å². The van der Waals surface area contributed by atoms with E-state index < -0.39 is 0 Å². The van der Waals surface area contributed by atoms with Crippen LogP contribution in [0.4, 0.5) is 0 Å². The highest BCUT2D eigenvalue weighted by atomic mass is 32.1. The molecule has 0 amide bonds. The fraction of sp³-hybridized carbons (Fsp3) is 0.583. The number of hydrogen-bond acceptors (Lipinski definition) is 4. The molecular weight excluding hydrogens is 233 g/mol. The summed E-state index contributed by atoms with van der Waals surface area (Å²) in [5, 5.41) is 0.940. The van der Waals surface area contributed by atoms with Gasteiger partial charge >= 0.3 is 7.12 Å². The molecule has 0 saturated carbocycles. The largest absolute Gasteiger partial charge is 0.507 e. The van der Waals surface area contributed by atoms with Gasteiger partial charge in [-0.3, -0.25) is 0 Å². The molecule has 3 nitrogen and oxygen atoms in total. The van der Waals surface area contributed by atoms with E-state index in [0.717, 1.165) is 15.4 Å². The molecule has 0 aromatic carbocycles. The average Bonchev–Trinajstić information content (AvgIpc) is 2.70. The average molecular weight is 251 g/mol. The lowest BCUT2D eigenvalue weighted by Gasteiger charge is -2.32. The SMILES string of the molecule is C=C(C)c1ncc(B2OC(C)(C)C(C)(C)O2)s1. The summed E-state index contributed by atoms with van der Waals surface area (Å²) in [5.41, 5.74) is 0.369. The van der Waals surface area contributed by atoms with Crippen molar-refractivity contribution in [2.45, 2.75) is 45.8 Å². The van der Waals surface area contributed by atoms with Gasteiger partial charge in [-0.15, -0.1) is 11.3 Å². The summed E-state index contributed by atoms with van der Waals surface area (Å²) in [5.74, 6) is 0. The van der Waals surface area contributed by atoms with Crippen molar-refractivity contribution in [1.29, 1.82) is 0 Å². The standard InChI is InChI=1S/C12H18BNO2S/c1-8(2)10-14-7-9(17-10)13-15-11(3,4)12(5,6)16-13/h7H,1H2,2-6H3. The number of nitrogens with zero attached hydrogens (tertiary/aromatic N) is 1. The predicted octanol–water partition coefficient (Wildman–Crippen LogP) is 2.48. The Bertz CT molecular complexity index is 437. The van der Waals surface area contributed by atoms with Crippen molar-refractivity contribution in [3.05, 3.63) is 17.8 Å². The summed E-state index contributed by atoms with van der Waals surface area (Å²) in [6.45, 7) is 14.0. The van der Waals surface area contributed by atoms with Gasteiger partial charge in [0.25, 0.3) is 0 Å². The lowest BCUT2D eigenvalue weighted by Crippen LogP contribution is -2.41. The number of allylic oxidation sites excluding steroid dienone is 1. The Balaban J connectivity index is 2.23. The minimum absolute atomic E-state index is 0.301. The van der Waals surface area contributed by atoms with Gasteiger partial charge in [0.1, 0.15) is 5.01 Å². The van der Waals surface area contributed by atoms with Crippen LogP contribution in [0, 0.1) is 0 Å². The zero-order valence-electron chi connectivity index (χ0n) is 11.0. The second kappa shape index (κ2) is 3.94. The van der Waals surface area contributed by atoms with Crippen LogP contribution >= 0.6 is 11.3 Å². The van der Waals surface area contributed by atoms with Crippen LogP contribution < -0.4 is 4.78 Å². The van der Waals surface area contributed by atoms with Crippen LogP contribution in [0.25, 0.3) is 5.57 Å². The van der Waals surface area contributed by atoms with Crippen molar-refractivity contribution in [3.63, 3.8) is 0 Å². The van der Waals surface area contributed by atoms with Gasteiger partial charge in [0.05, 0.1) is 16.0 Å². The molecule has 17 heavy (non-hydrogen) atoms. The van der Waals surface area contributed by atoms with Crippen molar-refractivity contribution in [2.75, 3.05) is 0 Å². The van der Waals surface area contributed by atoms with E-state index in [9.17, 15) is 0 Å². The minimum atomic E-state index is -0.314. The van der Waals surface area contributed by atoms with Gasteiger partial charge in [-0.05, 0) is 40.2 Å². The second-order valence-corrected chi connectivity index (χ2v) is 6.50. The third kappa shape index (κ3) is 2.19. The maximum Gasteiger partial charge on any atom is 0.507 e. The van der Waals surface area contributed by atoms with Crippen molar-refractivity contribution in [2.24, 2.45) is 0 Å². The molecular formula is C12H18BNO2S. The van der Waals surface area contributed by atoms with Gasteiger partial charge in [0, 0.05) is 6.20 Å². The van der Waals surface area contributed by atoms with Crippen molar-refractivity contribution in [3.8, 4) is 0 Å². The molecule has 1 saturated heterocycles. The normalized spacial score (nSPS) is 21.8. The monoisotopic (exact) mass is 251 g/mol. The highest BCUT2D eigenvalue weighted by Crippen LogP contribution is 2.36. The third-order valence-electron chi connectivity index (χ3n) is 3.37. The third-order valence-corrected chi connectivity index (χ3v) is 4.55. The Morgan fingerprint density at radius 2 is 1.82 bits per heavy atom. The summed E-state index contributed by atoms with van der Waals surface area (Å²) >= 11 is 1.58. The zero-order chi connectivity index (χ0) is 12.8. The molecule has 1 aliphatic heterocycles. The zero-order valence-corrected chi connectivity index (χ0v) is 11.9. The molecule has 5 heteroatoms. The fourth-order valence-corrected chi connectivity index (χ4v) is 2.35. The number of thiazole rings is 1. The van der Waals surface area contributed by atoms with E-state index in [0.29, 0.717) is 0 Å². The van der Waals surface area contributed by atoms with E-state index >= 15 is 0 Å². The quantitative estimate of drug-likeness (QED) is 0.756. The topological polar surface area (TPSA) is 31.4 Å². The van der Waals surface area contributed by atoms with Crippen LogP contribution in [0.5, 0.6) is 0 Å². The number of aromatic nitrogens is 1. The Labute approximate surface area is 107 Å². The van der Waals surface area contributed by atoms with Crippen LogP contribution in [0.2, 0.25) is 0 Å². The van der Waals surface area contributed by atoms with E-state index in [2.05, 4.69) is 11.6 Å². The fourth-order valence-electron chi connectivity index (χ4n) is 1.55. The number of hydrogen-bond donors (Lipinski definition) is 0. The summed E-state index contributed by atoms with van der Waals surface area (Å²) in [7, 11) is -0.314. The molecule has 1 fully saturated rings. The first-order chi connectivity index (χ1) is 7.73.